The minimum Gasteiger partial charge on any atom is -0.598 e. The van der Waals surface area contributed by atoms with Crippen LogP contribution in [0.2, 0.25) is 0 Å². The molecule has 1 aliphatic rings. The quantitative estimate of drug-likeness (QED) is 0.724. The molecule has 0 radical (unpaired) electrons. The van der Waals surface area contributed by atoms with E-state index in [0.29, 0.717) is 12.8 Å². The number of halogens is 1. The highest BCUT2D eigenvalue weighted by molar-refractivity contribution is 7.90. The summed E-state index contributed by atoms with van der Waals surface area (Å²) in [7, 11) is 0. The van der Waals surface area contributed by atoms with Crippen LogP contribution in [-0.2, 0) is 16.2 Å². The summed E-state index contributed by atoms with van der Waals surface area (Å²) in [5.41, 5.74) is -1.49. The number of hydrogen-bond acceptors (Lipinski definition) is 3. The third-order valence-electron chi connectivity index (χ3n) is 2.54. The smallest absolute Gasteiger partial charge is 0.305 e. The summed E-state index contributed by atoms with van der Waals surface area (Å²) in [6.45, 7) is 5.27. The highest BCUT2D eigenvalue weighted by Crippen LogP contribution is 2.44. The Morgan fingerprint density at radius 1 is 1.62 bits per heavy atom. The van der Waals surface area contributed by atoms with Crippen LogP contribution in [0.1, 0.15) is 40.0 Å². The topological polar surface area (TPSA) is 72.4 Å². The molecule has 2 N–H and O–H groups in total. The summed E-state index contributed by atoms with van der Waals surface area (Å²) < 4.78 is 27.7. The largest absolute Gasteiger partial charge is 0.598 e. The van der Waals surface area contributed by atoms with Crippen molar-refractivity contribution in [1.29, 1.82) is 0 Å². The minimum atomic E-state index is -1.49. The molecular weight excluding hydrogens is 233 g/mol. The second-order valence-electron chi connectivity index (χ2n) is 5.18. The zero-order chi connectivity index (χ0) is 12.6. The maximum absolute atomic E-state index is 13.8. The van der Waals surface area contributed by atoms with E-state index in [9.17, 15) is 13.7 Å². The predicted octanol–water partition coefficient (Wildman–Crippen LogP) is 1.38. The first-order valence-corrected chi connectivity index (χ1v) is 6.39. The summed E-state index contributed by atoms with van der Waals surface area (Å²) in [5, 5.41) is 8.69. The van der Waals surface area contributed by atoms with Crippen LogP contribution in [0.15, 0.2) is 0 Å². The van der Waals surface area contributed by atoms with Crippen LogP contribution in [0.4, 0.5) is 4.39 Å². The van der Waals surface area contributed by atoms with Gasteiger partial charge >= 0.3 is 5.97 Å². The molecule has 6 heteroatoms. The molecule has 0 amide bonds. The third-order valence-corrected chi connectivity index (χ3v) is 4.15. The summed E-state index contributed by atoms with van der Waals surface area (Å²) in [6.07, 6.45) is 0.358. The molecular formula is C10H18FNO3S. The predicted molar refractivity (Wildman–Crippen MR) is 60.1 cm³/mol. The summed E-state index contributed by atoms with van der Waals surface area (Å²) >= 11 is -1.44. The van der Waals surface area contributed by atoms with Crippen molar-refractivity contribution in [2.45, 2.75) is 56.5 Å². The molecule has 0 aromatic heterocycles. The minimum absolute atomic E-state index is 0.335. The van der Waals surface area contributed by atoms with Gasteiger partial charge in [0.15, 0.2) is 0 Å². The Bertz CT molecular complexity index is 276. The van der Waals surface area contributed by atoms with Gasteiger partial charge in [0.25, 0.3) is 0 Å². The Hall–Kier alpha value is -0.330. The van der Waals surface area contributed by atoms with E-state index in [-0.39, 0.29) is 6.42 Å². The SMILES string of the molecule is CC(C)(C)[S+]([O-])NC(CC(=O)O)C1(F)CC1. The van der Waals surface area contributed by atoms with Crippen LogP contribution in [-0.4, -0.2) is 32.1 Å². The van der Waals surface area contributed by atoms with Crippen LogP contribution in [0, 0.1) is 0 Å². The van der Waals surface area contributed by atoms with Crippen molar-refractivity contribution in [2.75, 3.05) is 0 Å². The van der Waals surface area contributed by atoms with Crippen molar-refractivity contribution in [3.63, 3.8) is 0 Å². The van der Waals surface area contributed by atoms with Gasteiger partial charge in [-0.3, -0.25) is 4.79 Å². The molecule has 0 aromatic carbocycles. The summed E-state index contributed by atoms with van der Waals surface area (Å²) in [4.78, 5) is 10.6. The Balaban J connectivity index is 2.61. The van der Waals surface area contributed by atoms with Crippen molar-refractivity contribution >= 4 is 17.3 Å². The normalized spacial score (nSPS) is 22.6. The maximum Gasteiger partial charge on any atom is 0.305 e. The van der Waals surface area contributed by atoms with Gasteiger partial charge in [0, 0.05) is 11.4 Å². The molecule has 1 fully saturated rings. The van der Waals surface area contributed by atoms with E-state index in [1.807, 2.05) is 0 Å². The molecule has 1 saturated carbocycles. The van der Waals surface area contributed by atoms with Crippen molar-refractivity contribution in [2.24, 2.45) is 0 Å². The molecule has 2 unspecified atom stereocenters. The van der Waals surface area contributed by atoms with E-state index >= 15 is 0 Å². The number of aliphatic carboxylic acids is 1. The molecule has 1 aliphatic carbocycles. The Labute approximate surface area is 97.9 Å². The number of alkyl halides is 1. The number of hydrogen-bond donors (Lipinski definition) is 2. The summed E-state index contributed by atoms with van der Waals surface area (Å²) in [6, 6.07) is -0.856. The molecule has 94 valence electrons. The molecule has 0 heterocycles. The van der Waals surface area contributed by atoms with Crippen LogP contribution in [0.5, 0.6) is 0 Å². The van der Waals surface area contributed by atoms with E-state index in [0.717, 1.165) is 0 Å². The lowest BCUT2D eigenvalue weighted by Gasteiger charge is -2.28. The van der Waals surface area contributed by atoms with Gasteiger partial charge in [0.2, 0.25) is 0 Å². The molecule has 0 bridgehead atoms. The van der Waals surface area contributed by atoms with Crippen molar-refractivity contribution < 1.29 is 18.8 Å². The lowest BCUT2D eigenvalue weighted by atomic mass is 10.1. The van der Waals surface area contributed by atoms with Crippen LogP contribution in [0.25, 0.3) is 0 Å². The molecule has 1 rings (SSSR count). The zero-order valence-corrected chi connectivity index (χ0v) is 10.6. The van der Waals surface area contributed by atoms with E-state index in [2.05, 4.69) is 4.72 Å². The lowest BCUT2D eigenvalue weighted by Crippen LogP contribution is -2.50. The molecule has 4 nitrogen and oxygen atoms in total. The molecule has 0 aromatic rings. The van der Waals surface area contributed by atoms with E-state index in [1.54, 1.807) is 20.8 Å². The standard InChI is InChI=1S/C10H18FNO3S/c1-9(2,3)16(15)12-7(6-8(13)14)10(11)4-5-10/h7,12H,4-6H2,1-3H3,(H,13,14). The van der Waals surface area contributed by atoms with Crippen LogP contribution < -0.4 is 4.72 Å². The first kappa shape index (κ1) is 13.7. The van der Waals surface area contributed by atoms with Gasteiger partial charge in [-0.2, -0.15) is 0 Å². The van der Waals surface area contributed by atoms with Crippen LogP contribution >= 0.6 is 0 Å². The first-order chi connectivity index (χ1) is 7.15. The van der Waals surface area contributed by atoms with Gasteiger partial charge < -0.3 is 9.66 Å². The van der Waals surface area contributed by atoms with Crippen molar-refractivity contribution in [3.05, 3.63) is 0 Å². The number of carboxylic acids is 1. The maximum atomic E-state index is 13.8. The van der Waals surface area contributed by atoms with Crippen LogP contribution in [0.3, 0.4) is 0 Å². The highest BCUT2D eigenvalue weighted by Gasteiger charge is 2.53. The molecule has 2 atom stereocenters. The zero-order valence-electron chi connectivity index (χ0n) is 9.75. The molecule has 0 saturated heterocycles. The van der Waals surface area contributed by atoms with Crippen molar-refractivity contribution in [1.82, 2.24) is 4.72 Å². The fourth-order valence-electron chi connectivity index (χ4n) is 1.28. The fourth-order valence-corrected chi connectivity index (χ4v) is 2.19. The van der Waals surface area contributed by atoms with Gasteiger partial charge in [-0.05, 0) is 33.6 Å². The monoisotopic (exact) mass is 251 g/mol. The molecule has 16 heavy (non-hydrogen) atoms. The van der Waals surface area contributed by atoms with Gasteiger partial charge in [0.05, 0.1) is 12.5 Å². The Morgan fingerprint density at radius 2 is 2.12 bits per heavy atom. The van der Waals surface area contributed by atoms with Gasteiger partial charge in [-0.1, -0.05) is 0 Å². The number of carboxylic acid groups (broad SMARTS) is 1. The Kier molecular flexibility index (Phi) is 3.87. The number of rotatable bonds is 5. The fraction of sp³-hybridized carbons (Fsp3) is 0.900. The van der Waals surface area contributed by atoms with E-state index in [4.69, 9.17) is 5.11 Å². The van der Waals surface area contributed by atoms with E-state index < -0.39 is 33.8 Å². The Morgan fingerprint density at radius 3 is 2.44 bits per heavy atom. The molecule has 0 aliphatic heterocycles. The highest BCUT2D eigenvalue weighted by atomic mass is 32.2. The number of carbonyl (C=O) groups is 1. The number of nitrogens with one attached hydrogen (secondary N) is 1. The first-order valence-electron chi connectivity index (χ1n) is 5.24. The van der Waals surface area contributed by atoms with Crippen molar-refractivity contribution in [3.8, 4) is 0 Å². The second-order valence-corrected chi connectivity index (χ2v) is 7.18. The van der Waals surface area contributed by atoms with Gasteiger partial charge in [-0.15, -0.1) is 4.72 Å². The average molecular weight is 251 g/mol. The molecule has 0 spiro atoms. The van der Waals surface area contributed by atoms with Gasteiger partial charge in [0.1, 0.15) is 10.4 Å². The second kappa shape index (κ2) is 4.50. The third kappa shape index (κ3) is 3.61. The lowest BCUT2D eigenvalue weighted by molar-refractivity contribution is -0.138. The van der Waals surface area contributed by atoms with Gasteiger partial charge in [-0.25, -0.2) is 4.39 Å². The average Bonchev–Trinajstić information content (AvgIpc) is 2.81. The van der Waals surface area contributed by atoms with E-state index in [1.165, 1.54) is 0 Å². The summed E-state index contributed by atoms with van der Waals surface area (Å²) in [5.74, 6) is -1.08.